The highest BCUT2D eigenvalue weighted by molar-refractivity contribution is 6.38. The molecule has 0 aliphatic heterocycles. The molecule has 24 heavy (non-hydrogen) atoms. The smallest absolute Gasteiger partial charge is 0.271 e. The van der Waals surface area contributed by atoms with Crippen molar-refractivity contribution in [2.24, 2.45) is 11.0 Å². The number of rotatable bonds is 6. The minimum Gasteiger partial charge on any atom is -0.493 e. The monoisotopic (exact) mass is 364 g/mol. The summed E-state index contributed by atoms with van der Waals surface area (Å²) >= 11 is 12.1. The van der Waals surface area contributed by atoms with E-state index in [-0.39, 0.29) is 5.91 Å². The second-order valence-corrected chi connectivity index (χ2v) is 6.38. The van der Waals surface area contributed by atoms with Gasteiger partial charge in [-0.05, 0) is 42.3 Å². The number of benzene rings is 2. The van der Waals surface area contributed by atoms with Crippen LogP contribution in [-0.4, -0.2) is 18.7 Å². The van der Waals surface area contributed by atoms with Crippen molar-refractivity contribution in [1.82, 2.24) is 5.43 Å². The summed E-state index contributed by atoms with van der Waals surface area (Å²) in [4.78, 5) is 12.1. The second-order valence-electron chi connectivity index (χ2n) is 5.56. The van der Waals surface area contributed by atoms with Crippen LogP contribution in [0.15, 0.2) is 47.6 Å². The fraction of sp³-hybridized carbons (Fsp3) is 0.222. The zero-order chi connectivity index (χ0) is 17.5. The van der Waals surface area contributed by atoms with Crippen molar-refractivity contribution in [3.63, 3.8) is 0 Å². The summed E-state index contributed by atoms with van der Waals surface area (Å²) in [6, 6.07) is 12.0. The van der Waals surface area contributed by atoms with Gasteiger partial charge in [-0.1, -0.05) is 43.1 Å². The van der Waals surface area contributed by atoms with Gasteiger partial charge in [-0.25, -0.2) is 5.43 Å². The van der Waals surface area contributed by atoms with E-state index >= 15 is 0 Å². The second kappa shape index (κ2) is 8.71. The molecule has 0 heterocycles. The number of ether oxygens (including phenoxy) is 1. The maximum Gasteiger partial charge on any atom is 0.271 e. The average Bonchev–Trinajstić information content (AvgIpc) is 2.56. The molecule has 0 spiro atoms. The molecule has 0 aliphatic rings. The van der Waals surface area contributed by atoms with E-state index in [1.54, 1.807) is 42.5 Å². The topological polar surface area (TPSA) is 50.7 Å². The van der Waals surface area contributed by atoms with Crippen LogP contribution in [-0.2, 0) is 0 Å². The molecule has 1 N–H and O–H groups in total. The Hall–Kier alpha value is -2.04. The highest BCUT2D eigenvalue weighted by atomic mass is 35.5. The van der Waals surface area contributed by atoms with Crippen molar-refractivity contribution in [3.05, 3.63) is 63.6 Å². The molecule has 0 atom stereocenters. The SMILES string of the molecule is CC(C)COc1ccc(C(=O)NN=Cc2c(Cl)cccc2Cl)cc1. The molecule has 0 saturated heterocycles. The summed E-state index contributed by atoms with van der Waals surface area (Å²) in [7, 11) is 0. The Bertz CT molecular complexity index is 708. The molecule has 0 radical (unpaired) electrons. The van der Waals surface area contributed by atoms with Gasteiger partial charge >= 0.3 is 0 Å². The lowest BCUT2D eigenvalue weighted by Crippen LogP contribution is -2.17. The molecule has 0 fully saturated rings. The van der Waals surface area contributed by atoms with Gasteiger partial charge in [0.05, 0.1) is 22.9 Å². The van der Waals surface area contributed by atoms with E-state index in [4.69, 9.17) is 27.9 Å². The minimum absolute atomic E-state index is 0.329. The first kappa shape index (κ1) is 18.3. The lowest BCUT2D eigenvalue weighted by molar-refractivity contribution is 0.0955. The summed E-state index contributed by atoms with van der Waals surface area (Å²) < 4.78 is 5.58. The molecule has 4 nitrogen and oxygen atoms in total. The highest BCUT2D eigenvalue weighted by Crippen LogP contribution is 2.22. The highest BCUT2D eigenvalue weighted by Gasteiger charge is 2.06. The Morgan fingerprint density at radius 3 is 2.38 bits per heavy atom. The molecule has 0 bridgehead atoms. The van der Waals surface area contributed by atoms with Gasteiger partial charge in [0.25, 0.3) is 5.91 Å². The first-order valence-electron chi connectivity index (χ1n) is 7.47. The Kier molecular flexibility index (Phi) is 6.64. The number of amides is 1. The standard InChI is InChI=1S/C18H18Cl2N2O2/c1-12(2)11-24-14-8-6-13(7-9-14)18(23)22-21-10-15-16(19)4-3-5-17(15)20/h3-10,12H,11H2,1-2H3,(H,22,23). The van der Waals surface area contributed by atoms with Crippen LogP contribution >= 0.6 is 23.2 Å². The summed E-state index contributed by atoms with van der Waals surface area (Å²) in [6.45, 7) is 4.78. The van der Waals surface area contributed by atoms with Gasteiger partial charge in [0.15, 0.2) is 0 Å². The number of carbonyl (C=O) groups is 1. The third-order valence-corrected chi connectivity index (χ3v) is 3.72. The van der Waals surface area contributed by atoms with E-state index in [9.17, 15) is 4.79 Å². The lowest BCUT2D eigenvalue weighted by Gasteiger charge is -2.08. The van der Waals surface area contributed by atoms with Crippen LogP contribution in [0.25, 0.3) is 0 Å². The molecule has 2 aromatic rings. The van der Waals surface area contributed by atoms with Crippen LogP contribution in [0.4, 0.5) is 0 Å². The van der Waals surface area contributed by atoms with Gasteiger partial charge in [0.2, 0.25) is 0 Å². The van der Waals surface area contributed by atoms with E-state index < -0.39 is 0 Å². The number of hydrogen-bond donors (Lipinski definition) is 1. The molecule has 0 saturated carbocycles. The molecular weight excluding hydrogens is 347 g/mol. The predicted molar refractivity (Wildman–Crippen MR) is 98.3 cm³/mol. The molecule has 0 unspecified atom stereocenters. The summed E-state index contributed by atoms with van der Waals surface area (Å²) in [5.74, 6) is 0.843. The summed E-state index contributed by atoms with van der Waals surface area (Å²) in [5, 5.41) is 4.83. The molecule has 0 aromatic heterocycles. The molecule has 126 valence electrons. The molecule has 1 amide bonds. The van der Waals surface area contributed by atoms with Crippen LogP contribution in [0.5, 0.6) is 5.75 Å². The Labute approximate surface area is 151 Å². The summed E-state index contributed by atoms with van der Waals surface area (Å²) in [5.41, 5.74) is 3.48. The van der Waals surface area contributed by atoms with E-state index in [0.717, 1.165) is 5.75 Å². The van der Waals surface area contributed by atoms with E-state index in [1.807, 2.05) is 0 Å². The average molecular weight is 365 g/mol. The van der Waals surface area contributed by atoms with Crippen molar-refractivity contribution in [2.75, 3.05) is 6.61 Å². The molecule has 6 heteroatoms. The number of hydrogen-bond acceptors (Lipinski definition) is 3. The van der Waals surface area contributed by atoms with Crippen LogP contribution in [0.1, 0.15) is 29.8 Å². The Balaban J connectivity index is 1.96. The van der Waals surface area contributed by atoms with Crippen molar-refractivity contribution in [1.29, 1.82) is 0 Å². The number of carbonyl (C=O) groups excluding carboxylic acids is 1. The predicted octanol–water partition coefficient (Wildman–Crippen LogP) is 4.79. The number of nitrogens with zero attached hydrogens (tertiary/aromatic N) is 1. The quantitative estimate of drug-likeness (QED) is 0.591. The van der Waals surface area contributed by atoms with Crippen LogP contribution in [0.2, 0.25) is 10.0 Å². The molecule has 2 rings (SSSR count). The summed E-state index contributed by atoms with van der Waals surface area (Å²) in [6.07, 6.45) is 1.42. The molecule has 2 aromatic carbocycles. The maximum atomic E-state index is 12.1. The molecule has 0 aliphatic carbocycles. The number of hydrazone groups is 1. The maximum absolute atomic E-state index is 12.1. The number of nitrogens with one attached hydrogen (secondary N) is 1. The van der Waals surface area contributed by atoms with Crippen molar-refractivity contribution in [2.45, 2.75) is 13.8 Å². The van der Waals surface area contributed by atoms with Crippen LogP contribution in [0.3, 0.4) is 0 Å². The van der Waals surface area contributed by atoms with Crippen molar-refractivity contribution < 1.29 is 9.53 Å². The fourth-order valence-electron chi connectivity index (χ4n) is 1.82. The zero-order valence-electron chi connectivity index (χ0n) is 13.4. The van der Waals surface area contributed by atoms with Gasteiger partial charge in [-0.3, -0.25) is 4.79 Å². The van der Waals surface area contributed by atoms with Crippen molar-refractivity contribution in [3.8, 4) is 5.75 Å². The Morgan fingerprint density at radius 2 is 1.79 bits per heavy atom. The van der Waals surface area contributed by atoms with E-state index in [1.165, 1.54) is 6.21 Å². The van der Waals surface area contributed by atoms with E-state index in [0.29, 0.717) is 33.7 Å². The van der Waals surface area contributed by atoms with Gasteiger partial charge in [-0.2, -0.15) is 5.10 Å². The Morgan fingerprint density at radius 1 is 1.17 bits per heavy atom. The van der Waals surface area contributed by atoms with Gasteiger partial charge < -0.3 is 4.74 Å². The van der Waals surface area contributed by atoms with Crippen molar-refractivity contribution >= 4 is 35.3 Å². The van der Waals surface area contributed by atoms with Crippen LogP contribution < -0.4 is 10.2 Å². The third-order valence-electron chi connectivity index (χ3n) is 3.06. The molecular formula is C18H18Cl2N2O2. The lowest BCUT2D eigenvalue weighted by atomic mass is 10.2. The largest absolute Gasteiger partial charge is 0.493 e. The van der Waals surface area contributed by atoms with Gasteiger partial charge in [0, 0.05) is 11.1 Å². The normalized spacial score (nSPS) is 11.0. The first-order valence-corrected chi connectivity index (χ1v) is 8.23. The van der Waals surface area contributed by atoms with E-state index in [2.05, 4.69) is 24.4 Å². The fourth-order valence-corrected chi connectivity index (χ4v) is 2.31. The first-order chi connectivity index (χ1) is 11.5. The van der Waals surface area contributed by atoms with Gasteiger partial charge in [-0.15, -0.1) is 0 Å². The van der Waals surface area contributed by atoms with Crippen LogP contribution in [0, 0.1) is 5.92 Å². The van der Waals surface area contributed by atoms with Gasteiger partial charge in [0.1, 0.15) is 5.75 Å². The zero-order valence-corrected chi connectivity index (χ0v) is 14.9. The number of halogens is 2. The third kappa shape index (κ3) is 5.25. The minimum atomic E-state index is -0.329.